The van der Waals surface area contributed by atoms with Crippen molar-refractivity contribution in [2.45, 2.75) is 16.3 Å². The molecule has 4 aromatic rings. The average Bonchev–Trinajstić information content (AvgIpc) is 3.34. The molecule has 1 aromatic heterocycles. The van der Waals surface area contributed by atoms with E-state index < -0.39 is 5.82 Å². The van der Waals surface area contributed by atoms with Crippen molar-refractivity contribution < 1.29 is 4.39 Å². The summed E-state index contributed by atoms with van der Waals surface area (Å²) < 4.78 is 16.5. The van der Waals surface area contributed by atoms with E-state index >= 15 is 0 Å². The van der Waals surface area contributed by atoms with E-state index in [1.54, 1.807) is 24.3 Å². The van der Waals surface area contributed by atoms with E-state index in [4.69, 9.17) is 39.8 Å². The van der Waals surface area contributed by atoms with E-state index in [0.717, 1.165) is 28.6 Å². The second-order valence-corrected chi connectivity index (χ2v) is 12.8. The molecule has 0 aliphatic carbocycles. The van der Waals surface area contributed by atoms with Crippen molar-refractivity contribution in [1.29, 1.82) is 0 Å². The summed E-state index contributed by atoms with van der Waals surface area (Å²) >= 11 is 18.5. The number of aromatic nitrogens is 2. The zero-order valence-corrected chi connectivity index (χ0v) is 22.3. The van der Waals surface area contributed by atoms with Gasteiger partial charge in [0, 0.05) is 0 Å². The molecular weight excluding hydrogens is 559 g/mol. The van der Waals surface area contributed by atoms with Gasteiger partial charge in [-0.3, -0.25) is 0 Å². The molecule has 1 N–H and O–H groups in total. The minimum atomic E-state index is -0.622. The Morgan fingerprint density at radius 2 is 1.88 bits per heavy atom. The molecule has 1 saturated heterocycles. The molecule has 0 amide bonds. The Balaban J connectivity index is 1.69. The third-order valence-electron chi connectivity index (χ3n) is 5.92. The molecule has 1 aliphatic rings. The van der Waals surface area contributed by atoms with Crippen LogP contribution < -0.4 is 10.9 Å². The number of nitrogens with one attached hydrogen (secondary N) is 1. The van der Waals surface area contributed by atoms with Gasteiger partial charge in [0.15, 0.2) is 0 Å². The predicted octanol–water partition coefficient (Wildman–Crippen LogP) is 5.87. The first-order valence-electron chi connectivity index (χ1n) is 10.8. The van der Waals surface area contributed by atoms with Crippen LogP contribution in [-0.4, -0.2) is 38.4 Å². The number of fused-ring (bicyclic) bond motifs is 1. The van der Waals surface area contributed by atoms with Crippen molar-refractivity contribution in [3.05, 3.63) is 91.4 Å². The van der Waals surface area contributed by atoms with Crippen molar-refractivity contribution in [1.82, 2.24) is 14.9 Å². The van der Waals surface area contributed by atoms with Crippen LogP contribution >= 0.6 is 34.8 Å². The molecule has 9 heteroatoms. The molecule has 174 valence electrons. The van der Waals surface area contributed by atoms with Crippen LogP contribution in [0, 0.1) is 5.82 Å². The maximum atomic E-state index is 14.4. The predicted molar refractivity (Wildman–Crippen MR) is 140 cm³/mol. The van der Waals surface area contributed by atoms with E-state index in [0.29, 0.717) is 38.0 Å². The van der Waals surface area contributed by atoms with Crippen LogP contribution in [0.4, 0.5) is 4.39 Å². The molecule has 5 rings (SSSR count). The van der Waals surface area contributed by atoms with Gasteiger partial charge in [0.25, 0.3) is 0 Å². The summed E-state index contributed by atoms with van der Waals surface area (Å²) in [6.45, 7) is 2.18. The molecule has 0 bridgehead atoms. The van der Waals surface area contributed by atoms with Gasteiger partial charge in [-0.2, -0.15) is 0 Å². The standard InChI is InChI=1S/C25H20AsCl3FN3O/c27-16-2-4-18-23(10-16)32-24(33(25(18)34)17-3-6-21(29)22(30)11-17)19-9-14(1-5-20(19)28)12-26-15-7-8-31-13-15/h1-6,9-11,15,26,31H,7-8,12-13H2. The van der Waals surface area contributed by atoms with Crippen molar-refractivity contribution >= 4 is 61.5 Å². The SMILES string of the molecule is O=c1c2ccc(Cl)cc2nc(-c2cc(C[AsH]C3CCNC3)ccc2Cl)n1-c1ccc(Cl)c(F)c1. The fraction of sp³-hybridized carbons (Fsp3) is 0.200. The van der Waals surface area contributed by atoms with Crippen molar-refractivity contribution in [3.8, 4) is 17.1 Å². The summed E-state index contributed by atoms with van der Waals surface area (Å²) in [5, 5.41) is 5.72. The number of nitrogens with zero attached hydrogens (tertiary/aromatic N) is 2. The van der Waals surface area contributed by atoms with Gasteiger partial charge in [-0.25, -0.2) is 0 Å². The quantitative estimate of drug-likeness (QED) is 0.302. The zero-order chi connectivity index (χ0) is 23.8. The van der Waals surface area contributed by atoms with Crippen molar-refractivity contribution in [3.63, 3.8) is 0 Å². The van der Waals surface area contributed by atoms with Crippen LogP contribution in [0.2, 0.25) is 19.8 Å². The first-order valence-corrected chi connectivity index (χ1v) is 14.6. The summed E-state index contributed by atoms with van der Waals surface area (Å²) in [5.41, 5.74) is 2.19. The molecule has 4 nitrogen and oxygen atoms in total. The Kier molecular flexibility index (Phi) is 7.02. The third kappa shape index (κ3) is 4.78. The summed E-state index contributed by atoms with van der Waals surface area (Å²) in [6.07, 6.45) is 1.23. The van der Waals surface area contributed by atoms with E-state index in [-0.39, 0.29) is 26.3 Å². The molecule has 34 heavy (non-hydrogen) atoms. The van der Waals surface area contributed by atoms with E-state index in [9.17, 15) is 9.18 Å². The second-order valence-electron chi connectivity index (χ2n) is 8.22. The molecule has 0 saturated carbocycles. The van der Waals surface area contributed by atoms with Crippen molar-refractivity contribution in [2.75, 3.05) is 13.1 Å². The Labute approximate surface area is 217 Å². The average molecular weight is 579 g/mol. The zero-order valence-electron chi connectivity index (χ0n) is 17.9. The van der Waals surface area contributed by atoms with Gasteiger partial charge in [0.05, 0.1) is 0 Å². The number of hydrogen-bond acceptors (Lipinski definition) is 3. The molecular formula is C25H20AsCl3FN3O. The second kappa shape index (κ2) is 10.0. The normalized spacial score (nSPS) is 16.2. The number of halogens is 4. The monoisotopic (exact) mass is 577 g/mol. The molecule has 0 radical (unpaired) electrons. The van der Waals surface area contributed by atoms with Gasteiger partial charge in [-0.15, -0.1) is 0 Å². The Bertz CT molecular complexity index is 1450. The van der Waals surface area contributed by atoms with Crippen LogP contribution in [-0.2, 0) is 5.21 Å². The molecule has 1 fully saturated rings. The molecule has 0 spiro atoms. The van der Waals surface area contributed by atoms with Gasteiger partial charge >= 0.3 is 219 Å². The number of benzene rings is 3. The van der Waals surface area contributed by atoms with Gasteiger partial charge in [-0.05, 0) is 0 Å². The summed E-state index contributed by atoms with van der Waals surface area (Å²) in [7, 11) is 0. The minimum absolute atomic E-state index is 0.0234. The van der Waals surface area contributed by atoms with Crippen molar-refractivity contribution in [2.24, 2.45) is 0 Å². The Hall–Kier alpha value is -1.88. The fourth-order valence-electron chi connectivity index (χ4n) is 4.15. The number of rotatable bonds is 5. The van der Waals surface area contributed by atoms with Gasteiger partial charge in [0.2, 0.25) is 0 Å². The van der Waals surface area contributed by atoms with Crippen LogP contribution in [0.1, 0.15) is 12.0 Å². The molecule has 3 aromatic carbocycles. The summed E-state index contributed by atoms with van der Waals surface area (Å²) in [6, 6.07) is 15.0. The van der Waals surface area contributed by atoms with Gasteiger partial charge in [-0.1, -0.05) is 0 Å². The van der Waals surface area contributed by atoms with Gasteiger partial charge in [0.1, 0.15) is 0 Å². The van der Waals surface area contributed by atoms with E-state index in [1.165, 1.54) is 23.1 Å². The molecule has 2 unspecified atom stereocenters. The first-order chi connectivity index (χ1) is 16.4. The Morgan fingerprint density at radius 3 is 2.65 bits per heavy atom. The molecule has 2 atom stereocenters. The Morgan fingerprint density at radius 1 is 1.06 bits per heavy atom. The van der Waals surface area contributed by atoms with E-state index in [2.05, 4.69) is 5.32 Å². The fourth-order valence-corrected chi connectivity index (χ4v) is 7.53. The summed E-state index contributed by atoms with van der Waals surface area (Å²) in [4.78, 5) is 18.4. The van der Waals surface area contributed by atoms with Crippen LogP contribution in [0.25, 0.3) is 28.0 Å². The van der Waals surface area contributed by atoms with Gasteiger partial charge < -0.3 is 0 Å². The van der Waals surface area contributed by atoms with E-state index in [1.807, 2.05) is 18.2 Å². The first kappa shape index (κ1) is 23.8. The molecule has 2 heterocycles. The molecule has 1 aliphatic heterocycles. The maximum absolute atomic E-state index is 14.4. The van der Waals surface area contributed by atoms with Crippen LogP contribution in [0.15, 0.2) is 59.4 Å². The summed E-state index contributed by atoms with van der Waals surface area (Å²) in [5.74, 6) is -0.292. The van der Waals surface area contributed by atoms with Crippen LogP contribution in [0.5, 0.6) is 0 Å². The third-order valence-corrected chi connectivity index (χ3v) is 10.3. The number of hydrogen-bond donors (Lipinski definition) is 1. The van der Waals surface area contributed by atoms with Crippen LogP contribution in [0.3, 0.4) is 0 Å². The topological polar surface area (TPSA) is 46.9 Å².